The molecule has 1 heterocycles. The zero-order valence-corrected chi connectivity index (χ0v) is 12.0. The Morgan fingerprint density at radius 1 is 1.26 bits per heavy atom. The van der Waals surface area contributed by atoms with Gasteiger partial charge >= 0.3 is 0 Å². The molecule has 0 bridgehead atoms. The van der Waals surface area contributed by atoms with Gasteiger partial charge in [0.15, 0.2) is 0 Å². The Morgan fingerprint density at radius 3 is 2.58 bits per heavy atom. The molecule has 0 radical (unpaired) electrons. The maximum atomic E-state index is 12.0. The third-order valence-electron chi connectivity index (χ3n) is 4.18. The molecule has 1 saturated carbocycles. The molecule has 5 nitrogen and oxygen atoms in total. The minimum absolute atomic E-state index is 0.122. The molecule has 1 atom stereocenters. The summed E-state index contributed by atoms with van der Waals surface area (Å²) < 4.78 is 0. The highest BCUT2D eigenvalue weighted by Gasteiger charge is 2.26. The first kappa shape index (κ1) is 14.3. The molecule has 2 amide bonds. The summed E-state index contributed by atoms with van der Waals surface area (Å²) in [6, 6.07) is 0.955. The molecule has 0 aromatic carbocycles. The van der Waals surface area contributed by atoms with E-state index in [1.54, 1.807) is 0 Å². The number of amides is 2. The average Bonchev–Trinajstić information content (AvgIpc) is 3.16. The largest absolute Gasteiger partial charge is 0.353 e. The van der Waals surface area contributed by atoms with Crippen LogP contribution in [0.25, 0.3) is 0 Å². The molecule has 5 heteroatoms. The van der Waals surface area contributed by atoms with E-state index in [2.05, 4.69) is 17.3 Å². The summed E-state index contributed by atoms with van der Waals surface area (Å²) in [7, 11) is 4.00. The Kier molecular flexibility index (Phi) is 4.80. The molecule has 1 saturated heterocycles. The van der Waals surface area contributed by atoms with Crippen molar-refractivity contribution in [2.45, 2.75) is 50.6 Å². The fraction of sp³-hybridized carbons (Fsp3) is 0.857. The van der Waals surface area contributed by atoms with E-state index in [-0.39, 0.29) is 17.9 Å². The van der Waals surface area contributed by atoms with Crippen molar-refractivity contribution in [2.24, 2.45) is 0 Å². The van der Waals surface area contributed by atoms with Gasteiger partial charge in [-0.25, -0.2) is 0 Å². The first-order valence-corrected chi connectivity index (χ1v) is 7.30. The molecule has 0 aromatic rings. The fourth-order valence-electron chi connectivity index (χ4n) is 2.51. The van der Waals surface area contributed by atoms with E-state index >= 15 is 0 Å². The Morgan fingerprint density at radius 2 is 2.00 bits per heavy atom. The van der Waals surface area contributed by atoms with Crippen LogP contribution in [0.2, 0.25) is 0 Å². The number of nitrogens with zero attached hydrogens (tertiary/aromatic N) is 2. The maximum absolute atomic E-state index is 12.0. The van der Waals surface area contributed by atoms with Gasteiger partial charge in [-0.1, -0.05) is 0 Å². The van der Waals surface area contributed by atoms with Crippen LogP contribution in [-0.2, 0) is 9.59 Å². The van der Waals surface area contributed by atoms with Crippen LogP contribution in [0.3, 0.4) is 0 Å². The highest BCUT2D eigenvalue weighted by atomic mass is 16.2. The summed E-state index contributed by atoms with van der Waals surface area (Å²) in [6.45, 7) is 1.75. The van der Waals surface area contributed by atoms with Crippen LogP contribution >= 0.6 is 0 Å². The van der Waals surface area contributed by atoms with E-state index in [0.29, 0.717) is 12.8 Å². The number of hydrogen-bond donors (Lipinski definition) is 1. The normalized spacial score (nSPS) is 22.7. The Balaban J connectivity index is 1.60. The second-order valence-electron chi connectivity index (χ2n) is 5.87. The van der Waals surface area contributed by atoms with Gasteiger partial charge in [0.2, 0.25) is 11.8 Å². The molecule has 2 fully saturated rings. The molecule has 2 aliphatic rings. The smallest absolute Gasteiger partial charge is 0.222 e. The van der Waals surface area contributed by atoms with Crippen molar-refractivity contribution in [3.05, 3.63) is 0 Å². The van der Waals surface area contributed by atoms with E-state index in [9.17, 15) is 9.59 Å². The van der Waals surface area contributed by atoms with Crippen molar-refractivity contribution in [2.75, 3.05) is 27.2 Å². The first-order valence-electron chi connectivity index (χ1n) is 7.30. The van der Waals surface area contributed by atoms with Gasteiger partial charge in [-0.05, 0) is 32.7 Å². The van der Waals surface area contributed by atoms with Gasteiger partial charge in [0.25, 0.3) is 0 Å². The third-order valence-corrected chi connectivity index (χ3v) is 4.18. The zero-order valence-electron chi connectivity index (χ0n) is 12.0. The lowest BCUT2D eigenvalue weighted by Gasteiger charge is -2.22. The minimum atomic E-state index is 0.122. The van der Waals surface area contributed by atoms with Crippen molar-refractivity contribution in [3.8, 4) is 0 Å². The minimum Gasteiger partial charge on any atom is -0.353 e. The summed E-state index contributed by atoms with van der Waals surface area (Å²) in [5.74, 6) is 0.308. The second-order valence-corrected chi connectivity index (χ2v) is 5.87. The van der Waals surface area contributed by atoms with Crippen LogP contribution < -0.4 is 5.32 Å². The third kappa shape index (κ3) is 4.49. The van der Waals surface area contributed by atoms with Gasteiger partial charge in [-0.15, -0.1) is 0 Å². The highest BCUT2D eigenvalue weighted by molar-refractivity contribution is 5.79. The molecule has 0 aromatic heterocycles. The lowest BCUT2D eigenvalue weighted by molar-refractivity contribution is -0.130. The van der Waals surface area contributed by atoms with E-state index in [0.717, 1.165) is 32.0 Å². The van der Waals surface area contributed by atoms with Crippen LogP contribution in [0.15, 0.2) is 0 Å². The van der Waals surface area contributed by atoms with Crippen LogP contribution in [0.1, 0.15) is 38.5 Å². The predicted octanol–water partition coefficient (Wildman–Crippen LogP) is 0.598. The standard InChI is InChI=1S/C14H25N3O2/c1-16(12-5-6-12)9-10-17(2)14(19)8-4-11-3-7-13(18)15-11/h11-12H,3-10H2,1-2H3,(H,15,18). The quantitative estimate of drug-likeness (QED) is 0.735. The van der Waals surface area contributed by atoms with Gasteiger partial charge in [-0.3, -0.25) is 9.59 Å². The monoisotopic (exact) mass is 267 g/mol. The van der Waals surface area contributed by atoms with Crippen molar-refractivity contribution < 1.29 is 9.59 Å². The molecule has 19 heavy (non-hydrogen) atoms. The SMILES string of the molecule is CN(CCN(C)C1CC1)C(=O)CCC1CCC(=O)N1. The van der Waals surface area contributed by atoms with Gasteiger partial charge in [-0.2, -0.15) is 0 Å². The fourth-order valence-corrected chi connectivity index (χ4v) is 2.51. The predicted molar refractivity (Wildman–Crippen MR) is 73.7 cm³/mol. The molecular weight excluding hydrogens is 242 g/mol. The van der Waals surface area contributed by atoms with E-state index in [1.165, 1.54) is 12.8 Å². The van der Waals surface area contributed by atoms with Gasteiger partial charge in [0.05, 0.1) is 0 Å². The lowest BCUT2D eigenvalue weighted by Crippen LogP contribution is -2.36. The number of likely N-dealkylation sites (N-methyl/N-ethyl adjacent to an activating group) is 2. The molecule has 1 unspecified atom stereocenters. The average molecular weight is 267 g/mol. The first-order chi connectivity index (χ1) is 9.06. The van der Waals surface area contributed by atoms with Crippen molar-refractivity contribution in [1.29, 1.82) is 0 Å². The van der Waals surface area contributed by atoms with Crippen LogP contribution in [0.4, 0.5) is 0 Å². The Hall–Kier alpha value is -1.10. The molecule has 2 rings (SSSR count). The molecular formula is C14H25N3O2. The summed E-state index contributed by atoms with van der Waals surface area (Å²) in [4.78, 5) is 27.2. The topological polar surface area (TPSA) is 52.7 Å². The Bertz CT molecular complexity index is 342. The lowest BCUT2D eigenvalue weighted by atomic mass is 10.1. The van der Waals surface area contributed by atoms with E-state index in [1.807, 2.05) is 11.9 Å². The Labute approximate surface area is 115 Å². The molecule has 108 valence electrons. The number of hydrogen-bond acceptors (Lipinski definition) is 3. The van der Waals surface area contributed by atoms with Crippen LogP contribution in [0.5, 0.6) is 0 Å². The summed E-state index contributed by atoms with van der Waals surface area (Å²) in [6.07, 6.45) is 5.40. The van der Waals surface area contributed by atoms with Gasteiger partial charge in [0.1, 0.15) is 0 Å². The molecule has 1 aliphatic carbocycles. The van der Waals surface area contributed by atoms with Crippen molar-refractivity contribution in [1.82, 2.24) is 15.1 Å². The number of carbonyl (C=O) groups excluding carboxylic acids is 2. The zero-order chi connectivity index (χ0) is 13.8. The van der Waals surface area contributed by atoms with Crippen molar-refractivity contribution >= 4 is 11.8 Å². The van der Waals surface area contributed by atoms with E-state index in [4.69, 9.17) is 0 Å². The number of nitrogens with one attached hydrogen (secondary N) is 1. The van der Waals surface area contributed by atoms with E-state index < -0.39 is 0 Å². The van der Waals surface area contributed by atoms with Gasteiger partial charge < -0.3 is 15.1 Å². The molecule has 1 aliphatic heterocycles. The van der Waals surface area contributed by atoms with Gasteiger partial charge in [0, 0.05) is 45.1 Å². The van der Waals surface area contributed by atoms with Crippen molar-refractivity contribution in [3.63, 3.8) is 0 Å². The highest BCUT2D eigenvalue weighted by Crippen LogP contribution is 2.24. The van der Waals surface area contributed by atoms with Crippen LogP contribution in [-0.4, -0.2) is 60.9 Å². The van der Waals surface area contributed by atoms with Crippen LogP contribution in [0, 0.1) is 0 Å². The number of carbonyl (C=O) groups is 2. The summed E-state index contributed by atoms with van der Waals surface area (Å²) in [5.41, 5.74) is 0. The maximum Gasteiger partial charge on any atom is 0.222 e. The summed E-state index contributed by atoms with van der Waals surface area (Å²) >= 11 is 0. The second kappa shape index (κ2) is 6.37. The molecule has 1 N–H and O–H groups in total. The summed E-state index contributed by atoms with van der Waals surface area (Å²) in [5, 5.41) is 2.90. The molecule has 0 spiro atoms. The number of rotatable bonds is 7.